The molecule has 0 aliphatic carbocycles. The maximum absolute atomic E-state index is 11.6. The number of benzene rings is 1. The number of hydrogen-bond donors (Lipinski definition) is 0. The van der Waals surface area contributed by atoms with Crippen LogP contribution in [0.3, 0.4) is 0 Å². The maximum atomic E-state index is 11.6. The van der Waals surface area contributed by atoms with Crippen LogP contribution in [-0.4, -0.2) is 29.4 Å². The quantitative estimate of drug-likeness (QED) is 0.777. The van der Waals surface area contributed by atoms with Gasteiger partial charge in [-0.2, -0.15) is 0 Å². The summed E-state index contributed by atoms with van der Waals surface area (Å²) >= 11 is 1.68. The van der Waals surface area contributed by atoms with Crippen LogP contribution in [0, 0.1) is 5.92 Å². The van der Waals surface area contributed by atoms with Crippen molar-refractivity contribution >= 4 is 22.8 Å². The van der Waals surface area contributed by atoms with Gasteiger partial charge in [0, 0.05) is 11.7 Å². The minimum Gasteiger partial charge on any atom is -0.464 e. The third-order valence-electron chi connectivity index (χ3n) is 3.04. The van der Waals surface area contributed by atoms with E-state index in [9.17, 15) is 4.79 Å². The Labute approximate surface area is 118 Å². The second-order valence-electron chi connectivity index (χ2n) is 4.64. The van der Waals surface area contributed by atoms with Gasteiger partial charge >= 0.3 is 5.97 Å². The molecule has 102 valence electrons. The fourth-order valence-electron chi connectivity index (χ4n) is 2.08. The molecule has 3 nitrogen and oxygen atoms in total. The molecule has 0 fully saturated rings. The van der Waals surface area contributed by atoms with Gasteiger partial charge in [-0.05, 0) is 18.9 Å². The van der Waals surface area contributed by atoms with Crippen molar-refractivity contribution in [1.82, 2.24) is 0 Å². The van der Waals surface area contributed by atoms with Gasteiger partial charge in [0.2, 0.25) is 0 Å². The van der Waals surface area contributed by atoms with E-state index in [1.807, 2.05) is 25.1 Å². The number of nitrogens with zero attached hydrogens (tertiary/aromatic N) is 1. The van der Waals surface area contributed by atoms with Gasteiger partial charge in [-0.1, -0.05) is 37.3 Å². The number of aliphatic imine (C=N–C) groups is 1. The molecule has 0 aromatic heterocycles. The van der Waals surface area contributed by atoms with Crippen molar-refractivity contribution in [1.29, 1.82) is 0 Å². The van der Waals surface area contributed by atoms with Crippen LogP contribution in [0.5, 0.6) is 0 Å². The summed E-state index contributed by atoms with van der Waals surface area (Å²) in [6.45, 7) is 4.40. The van der Waals surface area contributed by atoms with E-state index in [0.29, 0.717) is 18.3 Å². The van der Waals surface area contributed by atoms with Gasteiger partial charge < -0.3 is 4.74 Å². The van der Waals surface area contributed by atoms with Crippen LogP contribution in [0.1, 0.15) is 19.4 Å². The summed E-state index contributed by atoms with van der Waals surface area (Å²) in [6.07, 6.45) is 0.961. The summed E-state index contributed by atoms with van der Waals surface area (Å²) in [6, 6.07) is 10.1. The van der Waals surface area contributed by atoms with Crippen molar-refractivity contribution in [2.45, 2.75) is 26.3 Å². The fraction of sp³-hybridized carbons (Fsp3) is 0.467. The van der Waals surface area contributed by atoms with E-state index in [2.05, 4.69) is 24.0 Å². The molecular formula is C15H19NO2S. The molecule has 0 saturated carbocycles. The van der Waals surface area contributed by atoms with Crippen molar-refractivity contribution in [3.63, 3.8) is 0 Å². The summed E-state index contributed by atoms with van der Waals surface area (Å²) in [5.74, 6) is 0.872. The fourth-order valence-corrected chi connectivity index (χ4v) is 3.18. The molecule has 1 aromatic rings. The van der Waals surface area contributed by atoms with E-state index in [1.54, 1.807) is 11.8 Å². The lowest BCUT2D eigenvalue weighted by Crippen LogP contribution is -2.21. The normalized spacial score (nSPS) is 19.9. The van der Waals surface area contributed by atoms with Gasteiger partial charge in [0.25, 0.3) is 0 Å². The maximum Gasteiger partial charge on any atom is 0.331 e. The lowest BCUT2D eigenvalue weighted by molar-refractivity contribution is -0.143. The summed E-state index contributed by atoms with van der Waals surface area (Å²) in [5, 5.41) is 1.07. The number of hydrogen-bond acceptors (Lipinski definition) is 4. The largest absolute Gasteiger partial charge is 0.464 e. The lowest BCUT2D eigenvalue weighted by atomic mass is 10.0. The number of rotatable bonds is 5. The summed E-state index contributed by atoms with van der Waals surface area (Å²) in [7, 11) is 0. The lowest BCUT2D eigenvalue weighted by Gasteiger charge is -2.10. The molecule has 1 aliphatic heterocycles. The average molecular weight is 277 g/mol. The second kappa shape index (κ2) is 6.75. The van der Waals surface area contributed by atoms with Crippen LogP contribution in [-0.2, 0) is 16.0 Å². The Morgan fingerprint density at radius 1 is 1.47 bits per heavy atom. The molecule has 0 saturated heterocycles. The number of esters is 1. The molecule has 0 spiro atoms. The Morgan fingerprint density at radius 3 is 2.89 bits per heavy atom. The minimum atomic E-state index is -0.307. The molecule has 19 heavy (non-hydrogen) atoms. The van der Waals surface area contributed by atoms with E-state index in [-0.39, 0.29) is 12.0 Å². The molecule has 1 unspecified atom stereocenters. The van der Waals surface area contributed by atoms with Gasteiger partial charge in [0.05, 0.1) is 11.7 Å². The van der Waals surface area contributed by atoms with E-state index < -0.39 is 0 Å². The molecule has 0 N–H and O–H groups in total. The number of thioether (sulfide) groups is 1. The number of ether oxygens (including phenoxy) is 1. The number of carbonyl (C=O) groups is 1. The predicted molar refractivity (Wildman–Crippen MR) is 79.6 cm³/mol. The zero-order chi connectivity index (χ0) is 13.7. The highest BCUT2D eigenvalue weighted by molar-refractivity contribution is 8.14. The van der Waals surface area contributed by atoms with Crippen LogP contribution >= 0.6 is 11.8 Å². The molecule has 4 heteroatoms. The Balaban J connectivity index is 1.95. The smallest absolute Gasteiger partial charge is 0.331 e. The van der Waals surface area contributed by atoms with Gasteiger partial charge in [0.15, 0.2) is 6.04 Å². The summed E-state index contributed by atoms with van der Waals surface area (Å²) in [5.41, 5.74) is 1.30. The topological polar surface area (TPSA) is 38.7 Å². The van der Waals surface area contributed by atoms with Crippen molar-refractivity contribution in [2.24, 2.45) is 10.9 Å². The molecular weight excluding hydrogens is 258 g/mol. The molecule has 0 amide bonds. The van der Waals surface area contributed by atoms with Gasteiger partial charge in [0.1, 0.15) is 0 Å². The summed E-state index contributed by atoms with van der Waals surface area (Å²) < 4.78 is 5.01. The molecule has 1 aliphatic rings. The van der Waals surface area contributed by atoms with E-state index in [4.69, 9.17) is 4.74 Å². The molecule has 2 atom stereocenters. The van der Waals surface area contributed by atoms with Gasteiger partial charge in [-0.3, -0.25) is 4.99 Å². The highest BCUT2D eigenvalue weighted by atomic mass is 32.2. The molecule has 1 heterocycles. The van der Waals surface area contributed by atoms with Crippen LogP contribution in [0.4, 0.5) is 0 Å². The number of carbonyl (C=O) groups excluding carboxylic acids is 1. The first-order chi connectivity index (χ1) is 9.20. The van der Waals surface area contributed by atoms with Gasteiger partial charge in [-0.15, -0.1) is 11.8 Å². The van der Waals surface area contributed by atoms with E-state index in [0.717, 1.165) is 11.5 Å². The molecule has 0 radical (unpaired) electrons. The first kappa shape index (κ1) is 14.1. The van der Waals surface area contributed by atoms with Crippen molar-refractivity contribution < 1.29 is 9.53 Å². The molecule has 0 bridgehead atoms. The first-order valence-corrected chi connectivity index (χ1v) is 7.60. The Morgan fingerprint density at radius 2 is 2.21 bits per heavy atom. The van der Waals surface area contributed by atoms with Crippen LogP contribution in [0.2, 0.25) is 0 Å². The van der Waals surface area contributed by atoms with E-state index >= 15 is 0 Å². The summed E-state index contributed by atoms with van der Waals surface area (Å²) in [4.78, 5) is 16.1. The zero-order valence-corrected chi connectivity index (χ0v) is 12.2. The van der Waals surface area contributed by atoms with E-state index in [1.165, 1.54) is 5.56 Å². The van der Waals surface area contributed by atoms with Gasteiger partial charge in [-0.25, -0.2) is 4.79 Å². The predicted octanol–water partition coefficient (Wildman–Crippen LogP) is 2.94. The van der Waals surface area contributed by atoms with Crippen molar-refractivity contribution in [3.8, 4) is 0 Å². The molecule has 2 rings (SSSR count). The molecule has 1 aromatic carbocycles. The third-order valence-corrected chi connectivity index (χ3v) is 4.32. The highest BCUT2D eigenvalue weighted by Gasteiger charge is 2.28. The SMILES string of the molecule is CCOC(=O)[C@@H]1CSC(C(C)Cc2ccccc2)=N1. The highest BCUT2D eigenvalue weighted by Crippen LogP contribution is 2.26. The second-order valence-corrected chi connectivity index (χ2v) is 5.68. The zero-order valence-electron chi connectivity index (χ0n) is 11.3. The van der Waals surface area contributed by atoms with Crippen LogP contribution in [0.15, 0.2) is 35.3 Å². The average Bonchev–Trinajstić information content (AvgIpc) is 2.90. The van der Waals surface area contributed by atoms with Crippen molar-refractivity contribution in [2.75, 3.05) is 12.4 Å². The Bertz CT molecular complexity index is 458. The Kier molecular flexibility index (Phi) is 5.02. The minimum absolute atomic E-state index is 0.197. The first-order valence-electron chi connectivity index (χ1n) is 6.61. The van der Waals surface area contributed by atoms with Crippen LogP contribution < -0.4 is 0 Å². The standard InChI is InChI=1S/C15H19NO2S/c1-3-18-15(17)13-10-19-14(16-13)11(2)9-12-7-5-4-6-8-12/h4-8,11,13H,3,9-10H2,1-2H3/t11?,13-/m0/s1. The van der Waals surface area contributed by atoms with Crippen molar-refractivity contribution in [3.05, 3.63) is 35.9 Å². The Hall–Kier alpha value is -1.29. The monoisotopic (exact) mass is 277 g/mol. The van der Waals surface area contributed by atoms with Crippen LogP contribution in [0.25, 0.3) is 0 Å². The third kappa shape index (κ3) is 3.83.